The molecule has 0 saturated heterocycles. The van der Waals surface area contributed by atoms with Gasteiger partial charge in [0.05, 0.1) is 21.3 Å². The largest absolute Gasteiger partial charge is 0.493 e. The van der Waals surface area contributed by atoms with Crippen LogP contribution in [-0.2, 0) is 0 Å². The van der Waals surface area contributed by atoms with Crippen LogP contribution in [0.25, 0.3) is 0 Å². The van der Waals surface area contributed by atoms with Gasteiger partial charge in [-0.2, -0.15) is 0 Å². The van der Waals surface area contributed by atoms with Crippen LogP contribution >= 0.6 is 0 Å². The number of amides is 1. The van der Waals surface area contributed by atoms with Crippen molar-refractivity contribution in [3.63, 3.8) is 0 Å². The van der Waals surface area contributed by atoms with E-state index in [9.17, 15) is 4.79 Å². The molecule has 0 fully saturated rings. The maximum atomic E-state index is 12.2. The highest BCUT2D eigenvalue weighted by atomic mass is 16.5. The third kappa shape index (κ3) is 5.11. The van der Waals surface area contributed by atoms with Gasteiger partial charge in [-0.05, 0) is 25.0 Å². The van der Waals surface area contributed by atoms with Gasteiger partial charge < -0.3 is 24.6 Å². The summed E-state index contributed by atoms with van der Waals surface area (Å²) in [6, 6.07) is 3.25. The molecule has 6 heteroatoms. The Morgan fingerprint density at radius 3 is 2.09 bits per heavy atom. The standard InChI is InChI=1S/C16H25NO5/c1-20-13-10-12(11-14(21-2)15(13)22-3)16(19)17-8-6-4-5-7-9-18/h10-11,18H,4-9H2,1-3H3,(H,17,19). The lowest BCUT2D eigenvalue weighted by molar-refractivity contribution is 0.0952. The maximum absolute atomic E-state index is 12.2. The lowest BCUT2D eigenvalue weighted by Gasteiger charge is -2.14. The van der Waals surface area contributed by atoms with Gasteiger partial charge >= 0.3 is 0 Å². The van der Waals surface area contributed by atoms with Crippen LogP contribution in [-0.4, -0.2) is 45.5 Å². The molecule has 0 bridgehead atoms. The highest BCUT2D eigenvalue weighted by Gasteiger charge is 2.16. The number of benzene rings is 1. The highest BCUT2D eigenvalue weighted by molar-refractivity contribution is 5.95. The molecule has 0 aliphatic rings. The van der Waals surface area contributed by atoms with Crippen molar-refractivity contribution >= 4 is 5.91 Å². The van der Waals surface area contributed by atoms with Crippen LogP contribution in [0.5, 0.6) is 17.2 Å². The van der Waals surface area contributed by atoms with Gasteiger partial charge in [0.1, 0.15) is 0 Å². The first-order chi connectivity index (χ1) is 10.7. The van der Waals surface area contributed by atoms with Gasteiger partial charge in [0.25, 0.3) is 5.91 Å². The molecule has 22 heavy (non-hydrogen) atoms. The number of aliphatic hydroxyl groups is 1. The van der Waals surface area contributed by atoms with E-state index < -0.39 is 0 Å². The normalized spacial score (nSPS) is 10.2. The van der Waals surface area contributed by atoms with Crippen molar-refractivity contribution in [2.75, 3.05) is 34.5 Å². The number of unbranched alkanes of at least 4 members (excludes halogenated alkanes) is 3. The minimum atomic E-state index is -0.179. The lowest BCUT2D eigenvalue weighted by Crippen LogP contribution is -2.24. The van der Waals surface area contributed by atoms with Crippen LogP contribution in [0.2, 0.25) is 0 Å². The SMILES string of the molecule is COc1cc(C(=O)NCCCCCCO)cc(OC)c1OC. The number of methoxy groups -OCH3 is 3. The third-order valence-corrected chi connectivity index (χ3v) is 3.30. The number of aliphatic hydroxyl groups excluding tert-OH is 1. The summed E-state index contributed by atoms with van der Waals surface area (Å²) < 4.78 is 15.7. The molecule has 2 N–H and O–H groups in total. The Labute approximate surface area is 131 Å². The molecule has 0 aliphatic carbocycles. The summed E-state index contributed by atoms with van der Waals surface area (Å²) in [5.41, 5.74) is 0.463. The molecule has 0 saturated carbocycles. The molecule has 1 aromatic carbocycles. The Balaban J connectivity index is 2.65. The number of carbonyl (C=O) groups excluding carboxylic acids is 1. The van der Waals surface area contributed by atoms with Crippen molar-refractivity contribution in [2.45, 2.75) is 25.7 Å². The van der Waals surface area contributed by atoms with Crippen LogP contribution in [0.3, 0.4) is 0 Å². The Hall–Kier alpha value is -1.95. The fraction of sp³-hybridized carbons (Fsp3) is 0.562. The molecule has 0 atom stereocenters. The van der Waals surface area contributed by atoms with Crippen LogP contribution < -0.4 is 19.5 Å². The monoisotopic (exact) mass is 311 g/mol. The molecule has 1 aromatic rings. The van der Waals surface area contributed by atoms with Crippen molar-refractivity contribution < 1.29 is 24.1 Å². The summed E-state index contributed by atoms with van der Waals surface area (Å²) in [4.78, 5) is 12.2. The van der Waals surface area contributed by atoms with Gasteiger partial charge in [0.2, 0.25) is 5.75 Å². The molecule has 0 heterocycles. The number of nitrogens with one attached hydrogen (secondary N) is 1. The van der Waals surface area contributed by atoms with E-state index in [2.05, 4.69) is 5.32 Å². The Kier molecular flexibility index (Phi) is 8.14. The predicted molar refractivity (Wildman–Crippen MR) is 84.0 cm³/mol. The number of hydrogen-bond acceptors (Lipinski definition) is 5. The molecule has 0 aromatic heterocycles. The average Bonchev–Trinajstić information content (AvgIpc) is 2.56. The van der Waals surface area contributed by atoms with E-state index in [4.69, 9.17) is 19.3 Å². The molecule has 0 radical (unpaired) electrons. The van der Waals surface area contributed by atoms with Crippen LogP contribution in [0.1, 0.15) is 36.0 Å². The topological polar surface area (TPSA) is 77.0 Å². The third-order valence-electron chi connectivity index (χ3n) is 3.30. The molecule has 0 spiro atoms. The van der Waals surface area contributed by atoms with Crippen molar-refractivity contribution in [1.29, 1.82) is 0 Å². The van der Waals surface area contributed by atoms with Crippen molar-refractivity contribution in [3.8, 4) is 17.2 Å². The molecule has 0 unspecified atom stereocenters. The number of hydrogen-bond donors (Lipinski definition) is 2. The summed E-state index contributed by atoms with van der Waals surface area (Å²) in [5.74, 6) is 1.19. The zero-order chi connectivity index (χ0) is 16.4. The van der Waals surface area contributed by atoms with E-state index in [1.807, 2.05) is 0 Å². The summed E-state index contributed by atoms with van der Waals surface area (Å²) in [7, 11) is 4.55. The lowest BCUT2D eigenvalue weighted by atomic mass is 10.1. The van der Waals surface area contributed by atoms with Gasteiger partial charge in [-0.15, -0.1) is 0 Å². The average molecular weight is 311 g/mol. The number of carbonyl (C=O) groups is 1. The van der Waals surface area contributed by atoms with Crippen LogP contribution in [0.15, 0.2) is 12.1 Å². The molecule has 6 nitrogen and oxygen atoms in total. The van der Waals surface area contributed by atoms with Crippen molar-refractivity contribution in [2.24, 2.45) is 0 Å². The first kappa shape index (κ1) is 18.1. The molecule has 124 valence electrons. The fourth-order valence-electron chi connectivity index (χ4n) is 2.11. The second-order valence-corrected chi connectivity index (χ2v) is 4.81. The van der Waals surface area contributed by atoms with Crippen LogP contribution in [0, 0.1) is 0 Å². The predicted octanol–water partition coefficient (Wildman–Crippen LogP) is 1.99. The maximum Gasteiger partial charge on any atom is 0.251 e. The zero-order valence-corrected chi connectivity index (χ0v) is 13.5. The molecule has 0 aliphatic heterocycles. The minimum absolute atomic E-state index is 0.179. The Bertz CT molecular complexity index is 451. The van der Waals surface area contributed by atoms with Gasteiger partial charge in [-0.25, -0.2) is 0 Å². The van der Waals surface area contributed by atoms with E-state index in [0.29, 0.717) is 29.4 Å². The first-order valence-corrected chi connectivity index (χ1v) is 7.37. The van der Waals surface area contributed by atoms with Crippen molar-refractivity contribution in [1.82, 2.24) is 5.32 Å². The second-order valence-electron chi connectivity index (χ2n) is 4.81. The number of ether oxygens (including phenoxy) is 3. The molecule has 1 amide bonds. The number of rotatable bonds is 10. The van der Waals surface area contributed by atoms with Gasteiger partial charge in [-0.3, -0.25) is 4.79 Å². The molecular weight excluding hydrogens is 286 g/mol. The van der Waals surface area contributed by atoms with E-state index >= 15 is 0 Å². The summed E-state index contributed by atoms with van der Waals surface area (Å²) in [6.45, 7) is 0.818. The molecular formula is C16H25NO5. The molecule has 1 rings (SSSR count). The summed E-state index contributed by atoms with van der Waals surface area (Å²) in [6.07, 6.45) is 3.64. The van der Waals surface area contributed by atoms with E-state index in [1.54, 1.807) is 12.1 Å². The Morgan fingerprint density at radius 1 is 1.00 bits per heavy atom. The van der Waals surface area contributed by atoms with E-state index in [-0.39, 0.29) is 12.5 Å². The summed E-state index contributed by atoms with van der Waals surface area (Å²) in [5, 5.41) is 11.6. The van der Waals surface area contributed by atoms with Crippen LogP contribution in [0.4, 0.5) is 0 Å². The Morgan fingerprint density at radius 2 is 1.59 bits per heavy atom. The quantitative estimate of drug-likeness (QED) is 0.646. The summed E-state index contributed by atoms with van der Waals surface area (Å²) >= 11 is 0. The minimum Gasteiger partial charge on any atom is -0.493 e. The first-order valence-electron chi connectivity index (χ1n) is 7.37. The second kappa shape index (κ2) is 9.89. The smallest absolute Gasteiger partial charge is 0.251 e. The van der Waals surface area contributed by atoms with Crippen molar-refractivity contribution in [3.05, 3.63) is 17.7 Å². The van der Waals surface area contributed by atoms with Gasteiger partial charge in [0.15, 0.2) is 11.5 Å². The van der Waals surface area contributed by atoms with E-state index in [1.165, 1.54) is 21.3 Å². The van der Waals surface area contributed by atoms with Gasteiger partial charge in [0, 0.05) is 18.7 Å². The zero-order valence-electron chi connectivity index (χ0n) is 13.5. The van der Waals surface area contributed by atoms with Gasteiger partial charge in [-0.1, -0.05) is 12.8 Å². The van der Waals surface area contributed by atoms with E-state index in [0.717, 1.165) is 25.7 Å². The highest BCUT2D eigenvalue weighted by Crippen LogP contribution is 2.38. The fourth-order valence-corrected chi connectivity index (χ4v) is 2.11.